The summed E-state index contributed by atoms with van der Waals surface area (Å²) in [4.78, 5) is 18.8. The lowest BCUT2D eigenvalue weighted by Gasteiger charge is -2.41. The molecule has 1 amide bonds. The minimum absolute atomic E-state index is 0.0299. The van der Waals surface area contributed by atoms with Crippen molar-refractivity contribution >= 4 is 34.1 Å². The number of nitrogens with one attached hydrogen (secondary N) is 1. The number of sulfone groups is 1. The highest BCUT2D eigenvalue weighted by Gasteiger charge is 2.33. The van der Waals surface area contributed by atoms with E-state index in [9.17, 15) is 40.4 Å². The Morgan fingerprint density at radius 3 is 2.41 bits per heavy atom. The van der Waals surface area contributed by atoms with Gasteiger partial charge in [-0.1, -0.05) is 19.1 Å². The Morgan fingerprint density at radius 2 is 1.84 bits per heavy atom. The molecule has 3 atom stereocenters. The zero-order valence-corrected chi connectivity index (χ0v) is 27.5. The number of carbonyl (C=O) groups is 1. The lowest BCUT2D eigenvalue weighted by atomic mass is 9.96. The molecule has 1 fully saturated rings. The lowest BCUT2D eigenvalue weighted by Crippen LogP contribution is -2.48. The third kappa shape index (κ3) is 10.5. The Hall–Kier alpha value is -4.40. The second-order valence-electron chi connectivity index (χ2n) is 10.7. The van der Waals surface area contributed by atoms with E-state index in [-0.39, 0.29) is 48.1 Å². The largest absolute Gasteiger partial charge is 0.573 e. The van der Waals surface area contributed by atoms with E-state index in [4.69, 9.17) is 4.74 Å². The highest BCUT2D eigenvalue weighted by molar-refractivity contribution is 7.91. The van der Waals surface area contributed by atoms with E-state index >= 15 is 0 Å². The first-order chi connectivity index (χ1) is 23.2. The molecule has 3 aromatic rings. The number of hydrogen-bond acceptors (Lipinski definition) is 10. The number of benzene rings is 2. The number of amides is 1. The Morgan fingerprint density at radius 1 is 1.14 bits per heavy atom. The van der Waals surface area contributed by atoms with Crippen molar-refractivity contribution in [2.24, 2.45) is 0 Å². The summed E-state index contributed by atoms with van der Waals surface area (Å²) < 4.78 is 102. The number of pyridine rings is 1. The zero-order chi connectivity index (χ0) is 35.8. The molecule has 49 heavy (non-hydrogen) atoms. The fourth-order valence-electron chi connectivity index (χ4n) is 4.98. The standard InChI is InChI=1S/C32H31F5N4O6S2/c1-2-49(43,44)26-10-5-20(6-11-26)27(13-14-38)40-30(42)21-3-7-23(8-4-21)41-17-28(48)22(15-24(41)19-46-31(33)34)18-45-29-12-9-25(16-39-29)47-32(35,36)37/h3-12,16,18,24,27-28,31,48H,2,13,15,17,19H2,1H3,(H,40,42)/b22-18-/t24-,27-,28?/m0/s1. The third-order valence-electron chi connectivity index (χ3n) is 7.48. The number of piperidine rings is 1. The van der Waals surface area contributed by atoms with Crippen LogP contribution >= 0.6 is 12.6 Å². The second-order valence-corrected chi connectivity index (χ2v) is 13.6. The molecule has 1 aliphatic rings. The fourth-order valence-corrected chi connectivity index (χ4v) is 6.20. The summed E-state index contributed by atoms with van der Waals surface area (Å²) in [6.07, 6.45) is -2.61. The first-order valence-electron chi connectivity index (χ1n) is 14.7. The van der Waals surface area contributed by atoms with Crippen LogP contribution in [0.15, 0.2) is 83.6 Å². The monoisotopic (exact) mass is 726 g/mol. The molecule has 1 saturated heterocycles. The molecule has 0 saturated carbocycles. The van der Waals surface area contributed by atoms with Gasteiger partial charge in [0, 0.05) is 29.1 Å². The number of nitriles is 1. The fraction of sp³-hybridized carbons (Fsp3) is 0.344. The molecule has 0 aliphatic carbocycles. The number of aromatic nitrogens is 1. The van der Waals surface area contributed by atoms with Crippen LogP contribution in [0, 0.1) is 11.3 Å². The topological polar surface area (TPSA) is 131 Å². The van der Waals surface area contributed by atoms with Crippen molar-refractivity contribution in [1.82, 2.24) is 10.3 Å². The van der Waals surface area contributed by atoms with Crippen molar-refractivity contribution in [2.45, 2.75) is 55.0 Å². The first kappa shape index (κ1) is 37.4. The number of rotatable bonds is 13. The summed E-state index contributed by atoms with van der Waals surface area (Å²) in [5, 5.41) is 11.7. The molecule has 0 radical (unpaired) electrons. The van der Waals surface area contributed by atoms with Crippen LogP contribution in [0.1, 0.15) is 41.7 Å². The van der Waals surface area contributed by atoms with Crippen molar-refractivity contribution < 1.29 is 49.4 Å². The van der Waals surface area contributed by atoms with Crippen molar-refractivity contribution in [2.75, 3.05) is 23.8 Å². The molecule has 1 N–H and O–H groups in total. The molecule has 4 rings (SSSR count). The molecular formula is C32H31F5N4O6S2. The number of hydrogen-bond donors (Lipinski definition) is 2. The van der Waals surface area contributed by atoms with E-state index in [1.807, 2.05) is 6.07 Å². The maximum absolute atomic E-state index is 13.1. The summed E-state index contributed by atoms with van der Waals surface area (Å²) in [5.74, 6) is -1.12. The van der Waals surface area contributed by atoms with E-state index in [1.165, 1.54) is 43.5 Å². The van der Waals surface area contributed by atoms with Gasteiger partial charge in [0.1, 0.15) is 5.75 Å². The second kappa shape index (κ2) is 16.3. The lowest BCUT2D eigenvalue weighted by molar-refractivity contribution is -0.274. The van der Waals surface area contributed by atoms with Crippen LogP contribution in [0.25, 0.3) is 0 Å². The SMILES string of the molecule is CCS(=O)(=O)c1ccc([C@H](CC#N)NC(=O)c2ccc(N3CC(S)/C(=C\Oc4ccc(OC(F)(F)F)cn4)C[C@H]3COC(F)F)cc2)cc1. The van der Waals surface area contributed by atoms with Crippen LogP contribution in [0.2, 0.25) is 0 Å². The number of nitrogens with zero attached hydrogens (tertiary/aromatic N) is 3. The molecule has 1 aliphatic heterocycles. The highest BCUT2D eigenvalue weighted by atomic mass is 32.2. The Kier molecular flexibility index (Phi) is 12.5. The predicted molar refractivity (Wildman–Crippen MR) is 171 cm³/mol. The van der Waals surface area contributed by atoms with Gasteiger partial charge in [-0.05, 0) is 60.0 Å². The third-order valence-corrected chi connectivity index (χ3v) is 9.73. The van der Waals surface area contributed by atoms with Crippen molar-refractivity contribution in [1.29, 1.82) is 5.26 Å². The number of halogens is 5. The van der Waals surface area contributed by atoms with Gasteiger partial charge < -0.3 is 24.4 Å². The smallest absolute Gasteiger partial charge is 0.447 e. The number of anilines is 1. The Labute approximate surface area is 284 Å². The summed E-state index contributed by atoms with van der Waals surface area (Å²) in [7, 11) is -3.42. The Balaban J connectivity index is 1.46. The van der Waals surface area contributed by atoms with Gasteiger partial charge in [0.15, 0.2) is 9.84 Å². The highest BCUT2D eigenvalue weighted by Crippen LogP contribution is 2.32. The maximum atomic E-state index is 13.1. The van der Waals surface area contributed by atoms with Crippen molar-refractivity contribution in [3.8, 4) is 17.7 Å². The van der Waals surface area contributed by atoms with Crippen LogP contribution in [-0.4, -0.2) is 62.5 Å². The molecule has 2 aromatic carbocycles. The number of thiol groups is 1. The summed E-state index contributed by atoms with van der Waals surface area (Å²) in [6, 6.07) is 15.2. The van der Waals surface area contributed by atoms with Crippen LogP contribution < -0.4 is 19.7 Å². The van der Waals surface area contributed by atoms with Crippen LogP contribution in [0.4, 0.5) is 27.6 Å². The molecule has 0 bridgehead atoms. The molecule has 10 nitrogen and oxygen atoms in total. The molecule has 2 heterocycles. The van der Waals surface area contributed by atoms with Gasteiger partial charge >= 0.3 is 13.0 Å². The number of ether oxygens (including phenoxy) is 3. The molecule has 262 valence electrons. The molecule has 17 heteroatoms. The zero-order valence-electron chi connectivity index (χ0n) is 25.8. The van der Waals surface area contributed by atoms with E-state index in [0.717, 1.165) is 12.3 Å². The van der Waals surface area contributed by atoms with E-state index < -0.39 is 51.8 Å². The number of alkyl halides is 5. The van der Waals surface area contributed by atoms with Crippen LogP contribution in [-0.2, 0) is 14.6 Å². The average Bonchev–Trinajstić information content (AvgIpc) is 3.06. The minimum atomic E-state index is -4.88. The van der Waals surface area contributed by atoms with Crippen LogP contribution in [0.5, 0.6) is 11.6 Å². The normalized spacial score (nSPS) is 18.2. The summed E-state index contributed by atoms with van der Waals surface area (Å²) >= 11 is 4.63. The molecule has 0 spiro atoms. The van der Waals surface area contributed by atoms with Crippen molar-refractivity contribution in [3.63, 3.8) is 0 Å². The van der Waals surface area contributed by atoms with Gasteiger partial charge in [-0.3, -0.25) is 4.79 Å². The van der Waals surface area contributed by atoms with Gasteiger partial charge in [-0.25, -0.2) is 13.4 Å². The van der Waals surface area contributed by atoms with Gasteiger partial charge in [-0.2, -0.15) is 26.7 Å². The van der Waals surface area contributed by atoms with Crippen LogP contribution in [0.3, 0.4) is 0 Å². The van der Waals surface area contributed by atoms with E-state index in [1.54, 1.807) is 29.2 Å². The summed E-state index contributed by atoms with van der Waals surface area (Å²) in [5.41, 5.74) is 1.99. The first-order valence-corrected chi connectivity index (χ1v) is 16.9. The van der Waals surface area contributed by atoms with Gasteiger partial charge in [0.05, 0.1) is 54.3 Å². The van der Waals surface area contributed by atoms with Crippen molar-refractivity contribution in [3.05, 3.63) is 89.8 Å². The van der Waals surface area contributed by atoms with Gasteiger partial charge in [-0.15, -0.1) is 13.2 Å². The van der Waals surface area contributed by atoms with Gasteiger partial charge in [0.2, 0.25) is 5.88 Å². The van der Waals surface area contributed by atoms with Gasteiger partial charge in [0.25, 0.3) is 5.91 Å². The predicted octanol–water partition coefficient (Wildman–Crippen LogP) is 6.24. The molecule has 1 aromatic heterocycles. The Bertz CT molecular complexity index is 1750. The minimum Gasteiger partial charge on any atom is -0.447 e. The maximum Gasteiger partial charge on any atom is 0.573 e. The number of carbonyl (C=O) groups excluding carboxylic acids is 1. The average molecular weight is 727 g/mol. The quantitative estimate of drug-likeness (QED) is 0.120. The summed E-state index contributed by atoms with van der Waals surface area (Å²) in [6.45, 7) is -1.64. The molecule has 1 unspecified atom stereocenters. The van der Waals surface area contributed by atoms with E-state index in [0.29, 0.717) is 16.8 Å². The van der Waals surface area contributed by atoms with E-state index in [2.05, 4.69) is 32.4 Å². The molecular weight excluding hydrogens is 695 g/mol.